The standard InChI is InChI=1S/C14H22FN3/c1-16-9-12-13(15)5-4-6-14(12)18-8-7-11(10-18)17(2)3/h4-6,11,16H,7-10H2,1-3H3. The van der Waals surface area contributed by atoms with E-state index >= 15 is 0 Å². The maximum absolute atomic E-state index is 13.9. The zero-order valence-electron chi connectivity index (χ0n) is 11.4. The maximum Gasteiger partial charge on any atom is 0.129 e. The number of hydrogen-bond acceptors (Lipinski definition) is 3. The van der Waals surface area contributed by atoms with E-state index in [0.29, 0.717) is 12.6 Å². The molecular weight excluding hydrogens is 229 g/mol. The van der Waals surface area contributed by atoms with Crippen LogP contribution in [-0.4, -0.2) is 45.2 Å². The third-order valence-corrected chi connectivity index (χ3v) is 3.68. The van der Waals surface area contributed by atoms with Crippen LogP contribution in [0.25, 0.3) is 0 Å². The Balaban J connectivity index is 2.21. The first-order chi connectivity index (χ1) is 8.63. The molecule has 0 radical (unpaired) electrons. The van der Waals surface area contributed by atoms with E-state index in [2.05, 4.69) is 29.2 Å². The predicted molar refractivity (Wildman–Crippen MR) is 73.5 cm³/mol. The van der Waals surface area contributed by atoms with Crippen LogP contribution in [0, 0.1) is 5.82 Å². The maximum atomic E-state index is 13.9. The van der Waals surface area contributed by atoms with Crippen LogP contribution in [0.15, 0.2) is 18.2 Å². The summed E-state index contributed by atoms with van der Waals surface area (Å²) in [6, 6.07) is 5.92. The lowest BCUT2D eigenvalue weighted by molar-refractivity contribution is 0.315. The van der Waals surface area contributed by atoms with Crippen molar-refractivity contribution in [3.63, 3.8) is 0 Å². The lowest BCUT2D eigenvalue weighted by Crippen LogP contribution is -2.32. The first-order valence-electron chi connectivity index (χ1n) is 6.47. The van der Waals surface area contributed by atoms with Gasteiger partial charge in [0.1, 0.15) is 5.82 Å². The molecule has 18 heavy (non-hydrogen) atoms. The predicted octanol–water partition coefficient (Wildman–Crippen LogP) is 1.69. The van der Waals surface area contributed by atoms with Crippen LogP contribution < -0.4 is 10.2 Å². The zero-order chi connectivity index (χ0) is 13.1. The number of benzene rings is 1. The fourth-order valence-electron chi connectivity index (χ4n) is 2.58. The number of nitrogens with zero attached hydrogens (tertiary/aromatic N) is 2. The Morgan fingerprint density at radius 2 is 2.22 bits per heavy atom. The van der Waals surface area contributed by atoms with E-state index in [1.54, 1.807) is 6.07 Å². The molecule has 1 aromatic rings. The number of anilines is 1. The molecule has 3 nitrogen and oxygen atoms in total. The van der Waals surface area contributed by atoms with Crippen molar-refractivity contribution in [3.05, 3.63) is 29.6 Å². The number of likely N-dealkylation sites (N-methyl/N-ethyl adjacent to an activating group) is 1. The largest absolute Gasteiger partial charge is 0.370 e. The summed E-state index contributed by atoms with van der Waals surface area (Å²) < 4.78 is 13.9. The minimum Gasteiger partial charge on any atom is -0.370 e. The Hall–Kier alpha value is -1.13. The van der Waals surface area contributed by atoms with Crippen LogP contribution in [0.3, 0.4) is 0 Å². The van der Waals surface area contributed by atoms with Crippen molar-refractivity contribution in [1.29, 1.82) is 0 Å². The molecule has 1 unspecified atom stereocenters. The fourth-order valence-corrected chi connectivity index (χ4v) is 2.58. The number of rotatable bonds is 4. The second-order valence-corrected chi connectivity index (χ2v) is 5.12. The van der Waals surface area contributed by atoms with Crippen molar-refractivity contribution in [2.75, 3.05) is 39.1 Å². The third kappa shape index (κ3) is 2.65. The third-order valence-electron chi connectivity index (χ3n) is 3.68. The van der Waals surface area contributed by atoms with Crippen LogP contribution in [0.5, 0.6) is 0 Å². The molecule has 1 atom stereocenters. The van der Waals surface area contributed by atoms with Gasteiger partial charge in [0.05, 0.1) is 0 Å². The summed E-state index contributed by atoms with van der Waals surface area (Å²) in [4.78, 5) is 4.54. The van der Waals surface area contributed by atoms with E-state index in [-0.39, 0.29) is 5.82 Å². The molecular formula is C14H22FN3. The lowest BCUT2D eigenvalue weighted by atomic mass is 10.1. The van der Waals surface area contributed by atoms with Gasteiger partial charge in [-0.1, -0.05) is 6.07 Å². The van der Waals surface area contributed by atoms with Crippen molar-refractivity contribution in [3.8, 4) is 0 Å². The van der Waals surface area contributed by atoms with Gasteiger partial charge in [-0.3, -0.25) is 0 Å². The fraction of sp³-hybridized carbons (Fsp3) is 0.571. The first kappa shape index (κ1) is 13.3. The van der Waals surface area contributed by atoms with Gasteiger partial charge in [0.25, 0.3) is 0 Å². The normalized spacial score (nSPS) is 19.8. The highest BCUT2D eigenvalue weighted by Gasteiger charge is 2.26. The number of nitrogens with one attached hydrogen (secondary N) is 1. The number of halogens is 1. The van der Waals surface area contributed by atoms with E-state index in [9.17, 15) is 4.39 Å². The van der Waals surface area contributed by atoms with Gasteiger partial charge in [0.15, 0.2) is 0 Å². The smallest absolute Gasteiger partial charge is 0.129 e. The van der Waals surface area contributed by atoms with Gasteiger partial charge >= 0.3 is 0 Å². The molecule has 0 amide bonds. The van der Waals surface area contributed by atoms with Crippen molar-refractivity contribution in [1.82, 2.24) is 10.2 Å². The molecule has 4 heteroatoms. The van der Waals surface area contributed by atoms with Gasteiger partial charge in [-0.05, 0) is 39.7 Å². The highest BCUT2D eigenvalue weighted by molar-refractivity contribution is 5.55. The average molecular weight is 251 g/mol. The number of hydrogen-bond donors (Lipinski definition) is 1. The summed E-state index contributed by atoms with van der Waals surface area (Å²) >= 11 is 0. The zero-order valence-corrected chi connectivity index (χ0v) is 11.4. The molecule has 0 aromatic heterocycles. The van der Waals surface area contributed by atoms with Crippen molar-refractivity contribution < 1.29 is 4.39 Å². The molecule has 1 aliphatic heterocycles. The molecule has 1 aliphatic rings. The van der Waals surface area contributed by atoms with Crippen LogP contribution in [0.1, 0.15) is 12.0 Å². The van der Waals surface area contributed by atoms with E-state index in [1.165, 1.54) is 6.07 Å². The molecule has 0 saturated carbocycles. The van der Waals surface area contributed by atoms with Crippen molar-refractivity contribution in [2.24, 2.45) is 0 Å². The van der Waals surface area contributed by atoms with Crippen molar-refractivity contribution >= 4 is 5.69 Å². The van der Waals surface area contributed by atoms with Gasteiger partial charge in [0.2, 0.25) is 0 Å². The van der Waals surface area contributed by atoms with Crippen LogP contribution in [0.2, 0.25) is 0 Å². The van der Waals surface area contributed by atoms with Gasteiger partial charge in [-0.2, -0.15) is 0 Å². The van der Waals surface area contributed by atoms with E-state index < -0.39 is 0 Å². The summed E-state index contributed by atoms with van der Waals surface area (Å²) in [6.07, 6.45) is 1.14. The van der Waals surface area contributed by atoms with Crippen LogP contribution in [-0.2, 0) is 6.54 Å². The molecule has 0 aliphatic carbocycles. The SMILES string of the molecule is CNCc1c(F)cccc1N1CCC(N(C)C)C1. The van der Waals surface area contributed by atoms with Crippen LogP contribution >= 0.6 is 0 Å². The average Bonchev–Trinajstić information content (AvgIpc) is 2.81. The van der Waals surface area contributed by atoms with Gasteiger partial charge in [-0.15, -0.1) is 0 Å². The summed E-state index contributed by atoms with van der Waals surface area (Å²) in [6.45, 7) is 2.56. The summed E-state index contributed by atoms with van der Waals surface area (Å²) in [5.74, 6) is -0.116. The van der Waals surface area contributed by atoms with Crippen LogP contribution in [0.4, 0.5) is 10.1 Å². The quantitative estimate of drug-likeness (QED) is 0.878. The Labute approximate surface area is 109 Å². The minimum absolute atomic E-state index is 0.116. The molecule has 100 valence electrons. The Morgan fingerprint density at radius 1 is 1.44 bits per heavy atom. The summed E-state index contributed by atoms with van der Waals surface area (Å²) in [5.41, 5.74) is 1.81. The molecule has 0 bridgehead atoms. The molecule has 1 aromatic carbocycles. The first-order valence-corrected chi connectivity index (χ1v) is 6.47. The Bertz CT molecular complexity index is 406. The minimum atomic E-state index is -0.116. The highest BCUT2D eigenvalue weighted by Crippen LogP contribution is 2.27. The van der Waals surface area contributed by atoms with Gasteiger partial charge in [0, 0.05) is 36.9 Å². The molecule has 1 heterocycles. The molecule has 0 spiro atoms. The van der Waals surface area contributed by atoms with Gasteiger partial charge < -0.3 is 15.1 Å². The topological polar surface area (TPSA) is 18.5 Å². The highest BCUT2D eigenvalue weighted by atomic mass is 19.1. The Morgan fingerprint density at radius 3 is 2.83 bits per heavy atom. The summed E-state index contributed by atoms with van der Waals surface area (Å²) in [5, 5.41) is 3.05. The molecule has 1 fully saturated rings. The second-order valence-electron chi connectivity index (χ2n) is 5.12. The lowest BCUT2D eigenvalue weighted by Gasteiger charge is -2.24. The molecule has 1 N–H and O–H groups in total. The molecule has 2 rings (SSSR count). The monoisotopic (exact) mass is 251 g/mol. The van der Waals surface area contributed by atoms with Gasteiger partial charge in [-0.25, -0.2) is 4.39 Å². The van der Waals surface area contributed by atoms with E-state index in [0.717, 1.165) is 30.8 Å². The molecule has 1 saturated heterocycles. The van der Waals surface area contributed by atoms with E-state index in [1.807, 2.05) is 13.1 Å². The van der Waals surface area contributed by atoms with Crippen molar-refractivity contribution in [2.45, 2.75) is 19.0 Å². The summed E-state index contributed by atoms with van der Waals surface area (Å²) in [7, 11) is 6.06. The van der Waals surface area contributed by atoms with E-state index in [4.69, 9.17) is 0 Å². The second kappa shape index (κ2) is 5.67. The Kier molecular flexibility index (Phi) is 4.19.